The molecular formula is C21H21ClN4OS. The third-order valence-corrected chi connectivity index (χ3v) is 6.06. The van der Waals surface area contributed by atoms with Gasteiger partial charge >= 0.3 is 0 Å². The number of aromatic nitrogens is 4. The second-order valence-electron chi connectivity index (χ2n) is 6.95. The third kappa shape index (κ3) is 3.31. The van der Waals surface area contributed by atoms with Gasteiger partial charge in [-0.15, -0.1) is 10.2 Å². The molecule has 4 aromatic rings. The Morgan fingerprint density at radius 1 is 1.11 bits per heavy atom. The van der Waals surface area contributed by atoms with Crippen LogP contribution in [0.1, 0.15) is 30.0 Å². The molecule has 0 spiro atoms. The fourth-order valence-corrected chi connectivity index (χ4v) is 4.54. The summed E-state index contributed by atoms with van der Waals surface area (Å²) in [5.41, 5.74) is 4.45. The van der Waals surface area contributed by atoms with Gasteiger partial charge in [0.25, 0.3) is 5.56 Å². The van der Waals surface area contributed by atoms with Gasteiger partial charge < -0.3 is 0 Å². The lowest BCUT2D eigenvalue weighted by molar-refractivity contribution is 0.662. The van der Waals surface area contributed by atoms with Crippen molar-refractivity contribution < 1.29 is 0 Å². The average molecular weight is 413 g/mol. The lowest BCUT2D eigenvalue weighted by Crippen LogP contribution is -2.23. The minimum absolute atomic E-state index is 0.0560. The molecule has 0 aliphatic carbocycles. The Morgan fingerprint density at radius 2 is 1.93 bits per heavy atom. The van der Waals surface area contributed by atoms with E-state index in [-0.39, 0.29) is 5.56 Å². The zero-order chi connectivity index (χ0) is 19.8. The van der Waals surface area contributed by atoms with Crippen molar-refractivity contribution in [3.63, 3.8) is 0 Å². The van der Waals surface area contributed by atoms with Crippen molar-refractivity contribution in [3.05, 3.63) is 68.5 Å². The fraction of sp³-hybridized carbons (Fsp3) is 0.286. The molecule has 0 radical (unpaired) electrons. The topological polar surface area (TPSA) is 52.2 Å². The summed E-state index contributed by atoms with van der Waals surface area (Å²) in [6.45, 7) is 6.85. The van der Waals surface area contributed by atoms with E-state index in [2.05, 4.69) is 42.2 Å². The Labute approximate surface area is 172 Å². The zero-order valence-electron chi connectivity index (χ0n) is 16.1. The number of thioether (sulfide) groups is 1. The molecule has 2 aromatic heterocycles. The van der Waals surface area contributed by atoms with E-state index in [1.807, 2.05) is 17.4 Å². The van der Waals surface area contributed by atoms with E-state index < -0.39 is 0 Å². The summed E-state index contributed by atoms with van der Waals surface area (Å²) in [5, 5.41) is 10.7. The second-order valence-corrected chi connectivity index (χ2v) is 8.33. The first-order valence-corrected chi connectivity index (χ1v) is 10.6. The van der Waals surface area contributed by atoms with Crippen LogP contribution in [0.4, 0.5) is 0 Å². The number of hydrogen-bond acceptors (Lipinski definition) is 4. The molecule has 0 saturated heterocycles. The monoisotopic (exact) mass is 412 g/mol. The van der Waals surface area contributed by atoms with Gasteiger partial charge in [0.15, 0.2) is 5.16 Å². The first-order valence-electron chi connectivity index (χ1n) is 9.25. The average Bonchev–Trinajstić information content (AvgIpc) is 3.09. The van der Waals surface area contributed by atoms with E-state index in [9.17, 15) is 4.79 Å². The predicted octanol–water partition coefficient (Wildman–Crippen LogP) is 5.02. The minimum atomic E-state index is -0.0560. The molecule has 28 heavy (non-hydrogen) atoms. The number of fused-ring (bicyclic) bond motifs is 3. The predicted molar refractivity (Wildman–Crippen MR) is 116 cm³/mol. The van der Waals surface area contributed by atoms with Crippen LogP contribution in [0.5, 0.6) is 0 Å². The molecule has 0 aliphatic rings. The summed E-state index contributed by atoms with van der Waals surface area (Å²) < 4.78 is 3.65. The van der Waals surface area contributed by atoms with Crippen LogP contribution >= 0.6 is 23.4 Å². The summed E-state index contributed by atoms with van der Waals surface area (Å²) >= 11 is 7.85. The molecule has 144 valence electrons. The highest BCUT2D eigenvalue weighted by Gasteiger charge is 2.17. The Kier molecular flexibility index (Phi) is 5.17. The zero-order valence-corrected chi connectivity index (χ0v) is 17.6. The van der Waals surface area contributed by atoms with E-state index in [0.717, 1.165) is 22.8 Å². The lowest BCUT2D eigenvalue weighted by atomic mass is 10.1. The van der Waals surface area contributed by atoms with Crippen LogP contribution in [0.3, 0.4) is 0 Å². The second kappa shape index (κ2) is 7.60. The Morgan fingerprint density at radius 3 is 2.71 bits per heavy atom. The SMILES string of the molecule is CCCn1c(=O)c2ccc(Cl)cc2n2c(SCc3cc(C)ccc3C)nnc12. The van der Waals surface area contributed by atoms with E-state index in [1.54, 1.807) is 28.5 Å². The molecule has 0 amide bonds. The number of halogens is 1. The molecule has 5 nitrogen and oxygen atoms in total. The van der Waals surface area contributed by atoms with Gasteiger partial charge in [0.1, 0.15) is 0 Å². The first kappa shape index (κ1) is 19.0. The maximum Gasteiger partial charge on any atom is 0.262 e. The quantitative estimate of drug-likeness (QED) is 0.432. The molecule has 0 N–H and O–H groups in total. The van der Waals surface area contributed by atoms with Crippen LogP contribution in [-0.2, 0) is 12.3 Å². The molecule has 0 fully saturated rings. The van der Waals surface area contributed by atoms with Crippen LogP contribution in [0, 0.1) is 13.8 Å². The number of nitrogens with zero attached hydrogens (tertiary/aromatic N) is 4. The maximum atomic E-state index is 12.9. The van der Waals surface area contributed by atoms with Crippen molar-refractivity contribution >= 4 is 40.0 Å². The fourth-order valence-electron chi connectivity index (χ4n) is 3.37. The van der Waals surface area contributed by atoms with Gasteiger partial charge in [0.2, 0.25) is 5.78 Å². The molecular weight excluding hydrogens is 392 g/mol. The number of aryl methyl sites for hydroxylation is 3. The van der Waals surface area contributed by atoms with Crippen LogP contribution in [0.25, 0.3) is 16.7 Å². The minimum Gasteiger partial charge on any atom is -0.276 e. The third-order valence-electron chi connectivity index (χ3n) is 4.84. The normalized spacial score (nSPS) is 11.6. The summed E-state index contributed by atoms with van der Waals surface area (Å²) in [6.07, 6.45) is 0.840. The summed E-state index contributed by atoms with van der Waals surface area (Å²) in [6, 6.07) is 11.8. The Bertz CT molecular complexity index is 1240. The molecule has 0 aliphatic heterocycles. The smallest absolute Gasteiger partial charge is 0.262 e. The molecule has 2 aromatic carbocycles. The molecule has 0 bridgehead atoms. The van der Waals surface area contributed by atoms with Crippen molar-refractivity contribution in [2.45, 2.75) is 44.6 Å². The molecule has 2 heterocycles. The highest BCUT2D eigenvalue weighted by molar-refractivity contribution is 7.98. The summed E-state index contributed by atoms with van der Waals surface area (Å²) in [4.78, 5) is 12.9. The van der Waals surface area contributed by atoms with E-state index in [4.69, 9.17) is 11.6 Å². The van der Waals surface area contributed by atoms with Crippen molar-refractivity contribution in [2.75, 3.05) is 0 Å². The number of hydrogen-bond donors (Lipinski definition) is 0. The summed E-state index contributed by atoms with van der Waals surface area (Å²) in [7, 11) is 0. The van der Waals surface area contributed by atoms with Crippen molar-refractivity contribution in [2.24, 2.45) is 0 Å². The van der Waals surface area contributed by atoms with Gasteiger partial charge in [0, 0.05) is 17.3 Å². The lowest BCUT2D eigenvalue weighted by Gasteiger charge is -2.11. The van der Waals surface area contributed by atoms with Crippen molar-refractivity contribution in [1.82, 2.24) is 19.2 Å². The Hall–Kier alpha value is -2.31. The van der Waals surface area contributed by atoms with Crippen LogP contribution in [-0.4, -0.2) is 19.2 Å². The van der Waals surface area contributed by atoms with Gasteiger partial charge in [-0.2, -0.15) is 0 Å². The molecule has 0 atom stereocenters. The maximum absolute atomic E-state index is 12.9. The van der Waals surface area contributed by atoms with Gasteiger partial charge in [-0.05, 0) is 49.6 Å². The highest BCUT2D eigenvalue weighted by Crippen LogP contribution is 2.27. The molecule has 0 unspecified atom stereocenters. The molecule has 0 saturated carbocycles. The summed E-state index contributed by atoms with van der Waals surface area (Å²) in [5.74, 6) is 1.34. The number of rotatable bonds is 5. The van der Waals surface area contributed by atoms with E-state index >= 15 is 0 Å². The van der Waals surface area contributed by atoms with Gasteiger partial charge in [-0.3, -0.25) is 13.8 Å². The highest BCUT2D eigenvalue weighted by atomic mass is 35.5. The molecule has 4 rings (SSSR count). The van der Waals surface area contributed by atoms with Crippen molar-refractivity contribution in [1.29, 1.82) is 0 Å². The van der Waals surface area contributed by atoms with Crippen molar-refractivity contribution in [3.8, 4) is 0 Å². The van der Waals surface area contributed by atoms with E-state index in [1.165, 1.54) is 16.7 Å². The van der Waals surface area contributed by atoms with E-state index in [0.29, 0.717) is 22.7 Å². The van der Waals surface area contributed by atoms with Gasteiger partial charge in [0.05, 0.1) is 10.9 Å². The van der Waals surface area contributed by atoms with Crippen LogP contribution in [0.2, 0.25) is 5.02 Å². The molecule has 7 heteroatoms. The standard InChI is InChI=1S/C21H21ClN4OS/c1-4-9-25-19(27)17-8-7-16(22)11-18(17)26-20(25)23-24-21(26)28-12-15-10-13(2)5-6-14(15)3/h5-8,10-11H,4,9,12H2,1-3H3. The van der Waals surface area contributed by atoms with Gasteiger partial charge in [-0.25, -0.2) is 0 Å². The van der Waals surface area contributed by atoms with Gasteiger partial charge in [-0.1, -0.05) is 54.0 Å². The van der Waals surface area contributed by atoms with Crippen LogP contribution < -0.4 is 5.56 Å². The van der Waals surface area contributed by atoms with Crippen LogP contribution in [0.15, 0.2) is 46.3 Å². The largest absolute Gasteiger partial charge is 0.276 e. The first-order chi connectivity index (χ1) is 13.5. The Balaban J connectivity index is 1.88. The number of benzene rings is 2.